The van der Waals surface area contributed by atoms with Gasteiger partial charge in [0.05, 0.1) is 13.7 Å². The smallest absolute Gasteiger partial charge is 0.341 e. The van der Waals surface area contributed by atoms with Gasteiger partial charge in [-0.1, -0.05) is 0 Å². The van der Waals surface area contributed by atoms with E-state index in [9.17, 15) is 9.59 Å². The molecular formula is C19H21NO6. The van der Waals surface area contributed by atoms with E-state index in [4.69, 9.17) is 19.3 Å². The Morgan fingerprint density at radius 1 is 1.08 bits per heavy atom. The highest BCUT2D eigenvalue weighted by molar-refractivity contribution is 6.05. The van der Waals surface area contributed by atoms with E-state index in [1.165, 1.54) is 12.1 Å². The molecule has 0 radical (unpaired) electrons. The molecule has 7 nitrogen and oxygen atoms in total. The lowest BCUT2D eigenvalue weighted by molar-refractivity contribution is -0.139. The fourth-order valence-electron chi connectivity index (χ4n) is 2.27. The minimum atomic E-state index is -1.09. The van der Waals surface area contributed by atoms with Crippen LogP contribution < -0.4 is 19.5 Å². The molecule has 1 amide bonds. The Morgan fingerprint density at radius 2 is 1.85 bits per heavy atom. The van der Waals surface area contributed by atoms with Gasteiger partial charge in [0, 0.05) is 11.3 Å². The van der Waals surface area contributed by atoms with Crippen LogP contribution in [0.5, 0.6) is 17.2 Å². The number of hydrogen-bond acceptors (Lipinski definition) is 5. The Morgan fingerprint density at radius 3 is 2.46 bits per heavy atom. The van der Waals surface area contributed by atoms with Gasteiger partial charge in [0.2, 0.25) is 0 Å². The van der Waals surface area contributed by atoms with Crippen LogP contribution in [0.4, 0.5) is 5.69 Å². The van der Waals surface area contributed by atoms with Crippen molar-refractivity contribution in [1.29, 1.82) is 0 Å². The summed E-state index contributed by atoms with van der Waals surface area (Å²) in [7, 11) is 1.58. The first-order valence-corrected chi connectivity index (χ1v) is 8.02. The number of aryl methyl sites for hydroxylation is 1. The number of rotatable bonds is 8. The monoisotopic (exact) mass is 359 g/mol. The standard InChI is InChI=1S/C19H21NO6/c1-4-25-17-10-13(5-8-16(17)26-11-18(21)22)19(23)20-15-7-6-14(24-3)9-12(15)2/h5-10H,4,11H2,1-3H3,(H,20,23)(H,21,22). The van der Waals surface area contributed by atoms with Crippen molar-refractivity contribution in [3.8, 4) is 17.2 Å². The summed E-state index contributed by atoms with van der Waals surface area (Å²) in [4.78, 5) is 23.2. The predicted octanol–water partition coefficient (Wildman–Crippen LogP) is 3.12. The first-order chi connectivity index (χ1) is 12.4. The zero-order valence-corrected chi connectivity index (χ0v) is 14.9. The van der Waals surface area contributed by atoms with Gasteiger partial charge in [0.1, 0.15) is 5.75 Å². The van der Waals surface area contributed by atoms with Gasteiger partial charge >= 0.3 is 5.97 Å². The molecule has 0 saturated carbocycles. The van der Waals surface area contributed by atoms with Gasteiger partial charge in [-0.15, -0.1) is 0 Å². The van der Waals surface area contributed by atoms with Crippen molar-refractivity contribution in [2.24, 2.45) is 0 Å². The van der Waals surface area contributed by atoms with E-state index in [1.54, 1.807) is 32.2 Å². The van der Waals surface area contributed by atoms with Gasteiger partial charge in [-0.3, -0.25) is 4.79 Å². The molecule has 2 aromatic carbocycles. The number of nitrogens with one attached hydrogen (secondary N) is 1. The Bertz CT molecular complexity index is 803. The van der Waals surface area contributed by atoms with E-state index < -0.39 is 12.6 Å². The number of carbonyl (C=O) groups excluding carboxylic acids is 1. The fraction of sp³-hybridized carbons (Fsp3) is 0.263. The highest BCUT2D eigenvalue weighted by atomic mass is 16.5. The van der Waals surface area contributed by atoms with Crippen LogP contribution in [-0.2, 0) is 4.79 Å². The Balaban J connectivity index is 2.20. The normalized spacial score (nSPS) is 10.1. The summed E-state index contributed by atoms with van der Waals surface area (Å²) in [5.41, 5.74) is 1.90. The van der Waals surface area contributed by atoms with Crippen LogP contribution in [-0.4, -0.2) is 37.3 Å². The van der Waals surface area contributed by atoms with Crippen molar-refractivity contribution >= 4 is 17.6 Å². The molecule has 0 heterocycles. The van der Waals surface area contributed by atoms with Gasteiger partial charge in [-0.05, 0) is 55.8 Å². The average Bonchev–Trinajstić information content (AvgIpc) is 2.62. The Kier molecular flexibility index (Phi) is 6.43. The predicted molar refractivity (Wildman–Crippen MR) is 96.4 cm³/mol. The molecule has 0 fully saturated rings. The highest BCUT2D eigenvalue weighted by Crippen LogP contribution is 2.29. The van der Waals surface area contributed by atoms with E-state index in [1.807, 2.05) is 13.0 Å². The molecule has 0 aliphatic carbocycles. The summed E-state index contributed by atoms with van der Waals surface area (Å²) in [6.07, 6.45) is 0. The lowest BCUT2D eigenvalue weighted by Crippen LogP contribution is -2.14. The van der Waals surface area contributed by atoms with Crippen molar-refractivity contribution in [1.82, 2.24) is 0 Å². The van der Waals surface area contributed by atoms with Crippen molar-refractivity contribution in [3.05, 3.63) is 47.5 Å². The molecule has 2 rings (SSSR count). The van der Waals surface area contributed by atoms with Gasteiger partial charge in [0.15, 0.2) is 18.1 Å². The molecule has 138 valence electrons. The van der Waals surface area contributed by atoms with Crippen LogP contribution in [0, 0.1) is 6.92 Å². The lowest BCUT2D eigenvalue weighted by Gasteiger charge is -2.13. The molecule has 2 aromatic rings. The SMILES string of the molecule is CCOc1cc(C(=O)Nc2ccc(OC)cc2C)ccc1OCC(=O)O. The van der Waals surface area contributed by atoms with E-state index in [0.717, 1.165) is 5.56 Å². The van der Waals surface area contributed by atoms with Crippen LogP contribution >= 0.6 is 0 Å². The van der Waals surface area contributed by atoms with E-state index in [2.05, 4.69) is 5.32 Å². The summed E-state index contributed by atoms with van der Waals surface area (Å²) in [6.45, 7) is 3.52. The third-order valence-corrected chi connectivity index (χ3v) is 3.54. The van der Waals surface area contributed by atoms with Crippen LogP contribution in [0.3, 0.4) is 0 Å². The average molecular weight is 359 g/mol. The number of carbonyl (C=O) groups is 2. The summed E-state index contributed by atoms with van der Waals surface area (Å²) in [5.74, 6) is -0.119. The van der Waals surface area contributed by atoms with E-state index in [0.29, 0.717) is 29.4 Å². The third kappa shape index (κ3) is 4.89. The Labute approximate surface area is 151 Å². The lowest BCUT2D eigenvalue weighted by atomic mass is 10.1. The molecule has 2 N–H and O–H groups in total. The molecule has 26 heavy (non-hydrogen) atoms. The fourth-order valence-corrected chi connectivity index (χ4v) is 2.27. The molecule has 0 saturated heterocycles. The van der Waals surface area contributed by atoms with Crippen molar-refractivity contribution in [3.63, 3.8) is 0 Å². The quantitative estimate of drug-likeness (QED) is 0.752. The van der Waals surface area contributed by atoms with Crippen molar-refractivity contribution in [2.75, 3.05) is 25.6 Å². The van der Waals surface area contributed by atoms with E-state index in [-0.39, 0.29) is 11.7 Å². The molecule has 0 bridgehead atoms. The summed E-state index contributed by atoms with van der Waals surface area (Å²) in [6, 6.07) is 9.94. The highest BCUT2D eigenvalue weighted by Gasteiger charge is 2.14. The maximum absolute atomic E-state index is 12.5. The molecule has 0 spiro atoms. The van der Waals surface area contributed by atoms with Crippen LogP contribution in [0.1, 0.15) is 22.8 Å². The summed E-state index contributed by atoms with van der Waals surface area (Å²) in [5, 5.41) is 11.6. The van der Waals surface area contributed by atoms with Gasteiger partial charge in [-0.2, -0.15) is 0 Å². The maximum atomic E-state index is 12.5. The molecule has 0 atom stereocenters. The number of carboxylic acid groups (broad SMARTS) is 1. The topological polar surface area (TPSA) is 94.1 Å². The largest absolute Gasteiger partial charge is 0.497 e. The second kappa shape index (κ2) is 8.75. The number of carboxylic acids is 1. The first-order valence-electron chi connectivity index (χ1n) is 8.02. The third-order valence-electron chi connectivity index (χ3n) is 3.54. The Hall–Kier alpha value is -3.22. The van der Waals surface area contributed by atoms with Crippen LogP contribution in [0.25, 0.3) is 0 Å². The second-order valence-corrected chi connectivity index (χ2v) is 5.41. The van der Waals surface area contributed by atoms with Crippen LogP contribution in [0.15, 0.2) is 36.4 Å². The van der Waals surface area contributed by atoms with Crippen LogP contribution in [0.2, 0.25) is 0 Å². The number of ether oxygens (including phenoxy) is 3. The molecule has 0 aromatic heterocycles. The maximum Gasteiger partial charge on any atom is 0.341 e. The zero-order chi connectivity index (χ0) is 19.1. The molecule has 0 aliphatic heterocycles. The number of benzene rings is 2. The number of anilines is 1. The molecule has 0 unspecified atom stereocenters. The van der Waals surface area contributed by atoms with Gasteiger partial charge in [-0.25, -0.2) is 4.79 Å². The summed E-state index contributed by atoms with van der Waals surface area (Å²) >= 11 is 0. The molecular weight excluding hydrogens is 338 g/mol. The van der Waals surface area contributed by atoms with Crippen molar-refractivity contribution in [2.45, 2.75) is 13.8 Å². The van der Waals surface area contributed by atoms with E-state index >= 15 is 0 Å². The molecule has 7 heteroatoms. The number of aliphatic carboxylic acids is 1. The second-order valence-electron chi connectivity index (χ2n) is 5.41. The summed E-state index contributed by atoms with van der Waals surface area (Å²) < 4.78 is 15.8. The van der Waals surface area contributed by atoms with Gasteiger partial charge < -0.3 is 24.6 Å². The van der Waals surface area contributed by atoms with Gasteiger partial charge in [0.25, 0.3) is 5.91 Å². The van der Waals surface area contributed by atoms with Crippen molar-refractivity contribution < 1.29 is 28.9 Å². The molecule has 0 aliphatic rings. The minimum absolute atomic E-state index is 0.270. The number of amides is 1. The zero-order valence-electron chi connectivity index (χ0n) is 14.9. The minimum Gasteiger partial charge on any atom is -0.497 e. The first kappa shape index (κ1) is 19.1. The number of methoxy groups -OCH3 is 1. The number of hydrogen-bond donors (Lipinski definition) is 2.